The highest BCUT2D eigenvalue weighted by molar-refractivity contribution is 6.00. The van der Waals surface area contributed by atoms with Crippen LogP contribution >= 0.6 is 0 Å². The summed E-state index contributed by atoms with van der Waals surface area (Å²) in [6.45, 7) is 3.21. The Morgan fingerprint density at radius 2 is 2.11 bits per heavy atom. The van der Waals surface area contributed by atoms with E-state index in [1.807, 2.05) is 30.3 Å². The van der Waals surface area contributed by atoms with E-state index in [2.05, 4.69) is 10.6 Å². The van der Waals surface area contributed by atoms with Crippen LogP contribution in [0.2, 0.25) is 0 Å². The van der Waals surface area contributed by atoms with Crippen molar-refractivity contribution in [3.05, 3.63) is 48.2 Å². The SMILES string of the molecule is CCO/C=C/C(=O)NC(=O)N[C@H]1C[C@H](O)C2(COCc3ccccc3)C[C@H]12. The first kappa shape index (κ1) is 19.4. The Balaban J connectivity index is 1.44. The summed E-state index contributed by atoms with van der Waals surface area (Å²) in [6.07, 6.45) is 3.17. The minimum absolute atomic E-state index is 0.163. The van der Waals surface area contributed by atoms with Crippen LogP contribution in [0.1, 0.15) is 25.3 Å². The van der Waals surface area contributed by atoms with Crippen LogP contribution in [0.3, 0.4) is 0 Å². The summed E-state index contributed by atoms with van der Waals surface area (Å²) < 4.78 is 10.7. The van der Waals surface area contributed by atoms with E-state index in [-0.39, 0.29) is 17.4 Å². The molecule has 0 radical (unpaired) electrons. The van der Waals surface area contributed by atoms with E-state index in [1.165, 1.54) is 6.26 Å². The third kappa shape index (κ3) is 4.67. The number of ether oxygens (including phenoxy) is 2. The molecule has 3 amide bonds. The number of amides is 3. The average Bonchev–Trinajstić information content (AvgIpc) is 3.32. The standard InChI is InChI=1S/C20H26N2O5/c1-2-26-9-8-18(24)22-19(25)21-16-10-17(23)20(11-15(16)20)13-27-12-14-6-4-3-5-7-14/h3-9,15-17,23H,2,10-13H2,1H3,(H2,21,22,24,25)/b9-8+/t15-,16+,17+,20?/m1/s1. The molecule has 3 rings (SSSR count). The van der Waals surface area contributed by atoms with Gasteiger partial charge in [0.1, 0.15) is 0 Å². The molecule has 7 heteroatoms. The van der Waals surface area contributed by atoms with Crippen LogP contribution in [0.5, 0.6) is 0 Å². The lowest BCUT2D eigenvalue weighted by atomic mass is 10.0. The van der Waals surface area contributed by atoms with Crippen molar-refractivity contribution in [1.82, 2.24) is 10.6 Å². The minimum Gasteiger partial charge on any atom is -0.501 e. The molecule has 1 aromatic carbocycles. The number of carbonyl (C=O) groups is 2. The fraction of sp³-hybridized carbons (Fsp3) is 0.500. The molecule has 0 aromatic heterocycles. The van der Waals surface area contributed by atoms with Crippen molar-refractivity contribution in [2.75, 3.05) is 13.2 Å². The second-order valence-corrected chi connectivity index (χ2v) is 7.10. The van der Waals surface area contributed by atoms with Gasteiger partial charge in [-0.05, 0) is 31.2 Å². The number of urea groups is 1. The fourth-order valence-electron chi connectivity index (χ4n) is 3.84. The normalized spacial score (nSPS) is 28.6. The van der Waals surface area contributed by atoms with E-state index in [1.54, 1.807) is 6.92 Å². The largest absolute Gasteiger partial charge is 0.501 e. The molecule has 7 nitrogen and oxygen atoms in total. The highest BCUT2D eigenvalue weighted by Crippen LogP contribution is 2.63. The summed E-state index contributed by atoms with van der Waals surface area (Å²) in [5.74, 6) is -0.379. The van der Waals surface area contributed by atoms with Gasteiger partial charge in [0.25, 0.3) is 5.91 Å². The molecule has 0 bridgehead atoms. The number of benzene rings is 1. The topological polar surface area (TPSA) is 96.9 Å². The fourth-order valence-corrected chi connectivity index (χ4v) is 3.84. The van der Waals surface area contributed by atoms with E-state index in [4.69, 9.17) is 9.47 Å². The molecule has 3 N–H and O–H groups in total. The van der Waals surface area contributed by atoms with E-state index in [0.717, 1.165) is 18.1 Å². The van der Waals surface area contributed by atoms with Crippen LogP contribution < -0.4 is 10.6 Å². The molecule has 1 unspecified atom stereocenters. The predicted octanol–water partition coefficient (Wildman–Crippen LogP) is 1.72. The highest BCUT2D eigenvalue weighted by atomic mass is 16.5. The summed E-state index contributed by atoms with van der Waals surface area (Å²) in [6, 6.07) is 9.15. The maximum absolute atomic E-state index is 12.0. The van der Waals surface area contributed by atoms with E-state index >= 15 is 0 Å². The highest BCUT2D eigenvalue weighted by Gasteiger charge is 2.67. The number of aliphatic hydroxyl groups excluding tert-OH is 1. The zero-order chi connectivity index (χ0) is 19.3. The van der Waals surface area contributed by atoms with Crippen molar-refractivity contribution in [2.45, 2.75) is 38.5 Å². The molecular weight excluding hydrogens is 348 g/mol. The molecule has 2 aliphatic rings. The third-order valence-electron chi connectivity index (χ3n) is 5.32. The molecule has 0 aliphatic heterocycles. The first-order valence-electron chi connectivity index (χ1n) is 9.24. The van der Waals surface area contributed by atoms with Gasteiger partial charge in [0, 0.05) is 17.5 Å². The van der Waals surface area contributed by atoms with Crippen LogP contribution in [0.4, 0.5) is 4.79 Å². The Bertz CT molecular complexity index is 693. The van der Waals surface area contributed by atoms with Crippen molar-refractivity contribution in [3.63, 3.8) is 0 Å². The third-order valence-corrected chi connectivity index (χ3v) is 5.32. The number of aliphatic hydroxyl groups is 1. The molecule has 2 saturated carbocycles. The molecule has 0 saturated heterocycles. The maximum atomic E-state index is 12.0. The average molecular weight is 374 g/mol. The van der Waals surface area contributed by atoms with Gasteiger partial charge >= 0.3 is 6.03 Å². The predicted molar refractivity (Wildman–Crippen MR) is 98.5 cm³/mol. The van der Waals surface area contributed by atoms with Crippen LogP contribution in [-0.2, 0) is 20.9 Å². The van der Waals surface area contributed by atoms with Crippen LogP contribution in [-0.4, -0.2) is 42.4 Å². The quantitative estimate of drug-likeness (QED) is 0.476. The van der Waals surface area contributed by atoms with Gasteiger partial charge in [-0.1, -0.05) is 30.3 Å². The number of hydrogen-bond acceptors (Lipinski definition) is 5. The van der Waals surface area contributed by atoms with Gasteiger partial charge in [0.2, 0.25) is 0 Å². The van der Waals surface area contributed by atoms with Crippen LogP contribution in [0.15, 0.2) is 42.7 Å². The lowest BCUT2D eigenvalue weighted by molar-refractivity contribution is -0.115. The Kier molecular flexibility index (Phi) is 6.13. The number of carbonyl (C=O) groups excluding carboxylic acids is 2. The Morgan fingerprint density at radius 3 is 2.81 bits per heavy atom. The Hall–Kier alpha value is -2.38. The molecule has 0 spiro atoms. The lowest BCUT2D eigenvalue weighted by Crippen LogP contribution is -2.44. The second kappa shape index (κ2) is 8.54. The zero-order valence-corrected chi connectivity index (χ0v) is 15.4. The van der Waals surface area contributed by atoms with Gasteiger partial charge in [-0.3, -0.25) is 10.1 Å². The summed E-state index contributed by atoms with van der Waals surface area (Å²) in [5.41, 5.74) is 0.803. The zero-order valence-electron chi connectivity index (χ0n) is 15.4. The van der Waals surface area contributed by atoms with Crippen LogP contribution in [0.25, 0.3) is 0 Å². The number of hydrogen-bond donors (Lipinski definition) is 3. The van der Waals surface area contributed by atoms with Gasteiger partial charge in [0.15, 0.2) is 0 Å². The molecule has 2 fully saturated rings. The van der Waals surface area contributed by atoms with Crippen molar-refractivity contribution in [2.24, 2.45) is 11.3 Å². The van der Waals surface area contributed by atoms with Gasteiger partial charge in [-0.2, -0.15) is 0 Å². The number of imide groups is 1. The summed E-state index contributed by atoms with van der Waals surface area (Å²) in [4.78, 5) is 23.6. The monoisotopic (exact) mass is 374 g/mol. The number of rotatable bonds is 8. The second-order valence-electron chi connectivity index (χ2n) is 7.10. The van der Waals surface area contributed by atoms with Gasteiger partial charge < -0.3 is 19.9 Å². The Morgan fingerprint density at radius 1 is 1.33 bits per heavy atom. The van der Waals surface area contributed by atoms with Gasteiger partial charge in [-0.15, -0.1) is 0 Å². The molecule has 2 aliphatic carbocycles. The number of fused-ring (bicyclic) bond motifs is 1. The lowest BCUT2D eigenvalue weighted by Gasteiger charge is -2.18. The van der Waals surface area contributed by atoms with Crippen LogP contribution in [0, 0.1) is 11.3 Å². The molecule has 4 atom stereocenters. The molecule has 27 heavy (non-hydrogen) atoms. The van der Waals surface area contributed by atoms with Gasteiger partial charge in [0.05, 0.1) is 32.2 Å². The summed E-state index contributed by atoms with van der Waals surface area (Å²) >= 11 is 0. The molecule has 0 heterocycles. The summed E-state index contributed by atoms with van der Waals surface area (Å²) in [7, 11) is 0. The Labute approximate surface area is 158 Å². The number of nitrogens with one attached hydrogen (secondary N) is 2. The van der Waals surface area contributed by atoms with E-state index in [9.17, 15) is 14.7 Å². The van der Waals surface area contributed by atoms with Crippen molar-refractivity contribution >= 4 is 11.9 Å². The minimum atomic E-state index is -0.564. The molecular formula is C20H26N2O5. The molecule has 146 valence electrons. The van der Waals surface area contributed by atoms with E-state index in [0.29, 0.717) is 26.2 Å². The van der Waals surface area contributed by atoms with E-state index < -0.39 is 18.0 Å². The van der Waals surface area contributed by atoms with Crippen molar-refractivity contribution in [1.29, 1.82) is 0 Å². The van der Waals surface area contributed by atoms with Crippen molar-refractivity contribution < 1.29 is 24.2 Å². The van der Waals surface area contributed by atoms with Gasteiger partial charge in [-0.25, -0.2) is 4.79 Å². The molecule has 1 aromatic rings. The maximum Gasteiger partial charge on any atom is 0.321 e. The summed E-state index contributed by atoms with van der Waals surface area (Å²) in [5, 5.41) is 15.5. The first-order valence-corrected chi connectivity index (χ1v) is 9.24. The smallest absolute Gasteiger partial charge is 0.321 e. The van der Waals surface area contributed by atoms with Crippen molar-refractivity contribution in [3.8, 4) is 0 Å². The first-order chi connectivity index (χ1) is 13.0.